The Balaban J connectivity index is 1.48. The second kappa shape index (κ2) is 11.5. The molecule has 0 bridgehead atoms. The number of nitrogens with two attached hydrogens (primary N) is 1. The maximum Gasteiger partial charge on any atom is 0.408 e. The fourth-order valence-electron chi connectivity index (χ4n) is 5.05. The Bertz CT molecular complexity index is 1330. The first-order valence-electron chi connectivity index (χ1n) is 13.4. The largest absolute Gasteiger partial charge is 0.444 e. The number of alkyl halides is 3. The van der Waals surface area contributed by atoms with E-state index in [4.69, 9.17) is 10.5 Å². The molecule has 2 fully saturated rings. The molecule has 1 aromatic heterocycles. The molecule has 2 aliphatic heterocycles. The van der Waals surface area contributed by atoms with Gasteiger partial charge in [0.2, 0.25) is 0 Å². The number of likely N-dealkylation sites (tertiary alicyclic amines) is 1. The highest BCUT2D eigenvalue weighted by molar-refractivity contribution is 6.01. The summed E-state index contributed by atoms with van der Waals surface area (Å²) in [6.07, 6.45) is -5.18. The van der Waals surface area contributed by atoms with Crippen molar-refractivity contribution >= 4 is 35.4 Å². The zero-order valence-electron chi connectivity index (χ0n) is 23.5. The number of hydrogen-bond acceptors (Lipinski definition) is 6. The van der Waals surface area contributed by atoms with E-state index in [0.29, 0.717) is 36.5 Å². The van der Waals surface area contributed by atoms with Crippen molar-refractivity contribution < 1.29 is 32.3 Å². The zero-order valence-corrected chi connectivity index (χ0v) is 23.5. The van der Waals surface area contributed by atoms with E-state index < -0.39 is 42.3 Å². The number of pyridine rings is 1. The summed E-state index contributed by atoms with van der Waals surface area (Å²) in [7, 11) is 0. The molecule has 2 atom stereocenters. The van der Waals surface area contributed by atoms with Gasteiger partial charge in [0.25, 0.3) is 5.91 Å². The van der Waals surface area contributed by atoms with Gasteiger partial charge < -0.3 is 26.0 Å². The van der Waals surface area contributed by atoms with Crippen molar-refractivity contribution in [1.29, 1.82) is 0 Å². The predicted molar refractivity (Wildman–Crippen MR) is 148 cm³/mol. The smallest absolute Gasteiger partial charge is 0.408 e. The van der Waals surface area contributed by atoms with Crippen LogP contribution in [-0.4, -0.2) is 65.4 Å². The van der Waals surface area contributed by atoms with Crippen molar-refractivity contribution in [2.45, 2.75) is 64.8 Å². The lowest BCUT2D eigenvalue weighted by molar-refractivity contribution is -0.143. The van der Waals surface area contributed by atoms with Crippen LogP contribution in [0.15, 0.2) is 30.3 Å². The normalized spacial score (nSPS) is 19.4. The summed E-state index contributed by atoms with van der Waals surface area (Å²) < 4.78 is 43.5. The number of halogens is 3. The maximum atomic E-state index is 13.1. The fraction of sp³-hybridized carbons (Fsp3) is 0.500. The third-order valence-electron chi connectivity index (χ3n) is 6.90. The van der Waals surface area contributed by atoms with Gasteiger partial charge in [-0.3, -0.25) is 9.69 Å². The fourth-order valence-corrected chi connectivity index (χ4v) is 5.05. The Hall–Kier alpha value is -4.03. The number of nitrogens with one attached hydrogen (secondary N) is 2. The number of nitrogens with zero attached hydrogens (tertiary/aromatic N) is 3. The number of alkyl carbamates (subject to hydrolysis) is 1. The van der Waals surface area contributed by atoms with E-state index in [2.05, 4.69) is 15.6 Å². The molecule has 0 spiro atoms. The summed E-state index contributed by atoms with van der Waals surface area (Å²) in [6, 6.07) is 7.38. The quantitative estimate of drug-likeness (QED) is 0.456. The van der Waals surface area contributed by atoms with Crippen molar-refractivity contribution in [3.05, 3.63) is 35.9 Å². The number of anilines is 3. The predicted octanol–water partition coefficient (Wildman–Crippen LogP) is 5.08. The number of aromatic nitrogens is 1. The molecule has 10 nitrogen and oxygen atoms in total. The molecular formula is C28H35F3N6O4. The Morgan fingerprint density at radius 1 is 1.12 bits per heavy atom. The van der Waals surface area contributed by atoms with Crippen molar-refractivity contribution in [2.24, 2.45) is 5.92 Å². The molecule has 4 amide bonds. The molecule has 3 heterocycles. The number of hydrogen-bond donors (Lipinski definition) is 3. The second-order valence-corrected chi connectivity index (χ2v) is 11.5. The van der Waals surface area contributed by atoms with Gasteiger partial charge in [0, 0.05) is 31.7 Å². The minimum Gasteiger partial charge on any atom is -0.444 e. The monoisotopic (exact) mass is 576 g/mol. The van der Waals surface area contributed by atoms with Crippen LogP contribution < -0.4 is 21.3 Å². The lowest BCUT2D eigenvalue weighted by Gasteiger charge is -2.22. The number of carbonyl (C=O) groups excluding carboxylic acids is 3. The Kier molecular flexibility index (Phi) is 8.36. The molecule has 41 heavy (non-hydrogen) atoms. The zero-order chi connectivity index (χ0) is 30.1. The van der Waals surface area contributed by atoms with E-state index in [1.807, 2.05) is 6.92 Å². The van der Waals surface area contributed by atoms with Gasteiger partial charge in [-0.2, -0.15) is 13.2 Å². The summed E-state index contributed by atoms with van der Waals surface area (Å²) in [5.74, 6) is -0.456. The number of urea groups is 1. The van der Waals surface area contributed by atoms with Crippen LogP contribution in [0.25, 0.3) is 11.1 Å². The summed E-state index contributed by atoms with van der Waals surface area (Å²) in [4.78, 5) is 45.2. The lowest BCUT2D eigenvalue weighted by atomic mass is 10.00. The van der Waals surface area contributed by atoms with Crippen LogP contribution in [-0.2, 0) is 9.53 Å². The van der Waals surface area contributed by atoms with E-state index in [1.54, 1.807) is 51.1 Å². The van der Waals surface area contributed by atoms with E-state index >= 15 is 0 Å². The molecule has 4 N–H and O–H groups in total. The van der Waals surface area contributed by atoms with E-state index in [0.717, 1.165) is 11.1 Å². The molecule has 0 radical (unpaired) electrons. The van der Waals surface area contributed by atoms with Crippen molar-refractivity contribution in [2.75, 3.05) is 35.6 Å². The number of ether oxygens (including phenoxy) is 1. The lowest BCUT2D eigenvalue weighted by Crippen LogP contribution is -2.44. The Morgan fingerprint density at radius 2 is 1.85 bits per heavy atom. The van der Waals surface area contributed by atoms with Gasteiger partial charge in [0.15, 0.2) is 0 Å². The van der Waals surface area contributed by atoms with Gasteiger partial charge in [0.1, 0.15) is 23.3 Å². The van der Waals surface area contributed by atoms with Gasteiger partial charge in [0.05, 0.1) is 0 Å². The number of nitrogen functional groups attached to an aromatic ring is 1. The number of benzene rings is 1. The highest BCUT2D eigenvalue weighted by Gasteiger charge is 2.37. The Morgan fingerprint density at radius 3 is 2.54 bits per heavy atom. The van der Waals surface area contributed by atoms with Crippen molar-refractivity contribution in [1.82, 2.24) is 15.2 Å². The summed E-state index contributed by atoms with van der Waals surface area (Å²) in [5, 5.41) is 5.38. The minimum atomic E-state index is -4.26. The van der Waals surface area contributed by atoms with Gasteiger partial charge in [-0.15, -0.1) is 0 Å². The van der Waals surface area contributed by atoms with E-state index in [9.17, 15) is 27.6 Å². The van der Waals surface area contributed by atoms with Gasteiger partial charge in [-0.25, -0.2) is 14.6 Å². The average Bonchev–Trinajstić information content (AvgIpc) is 3.44. The van der Waals surface area contributed by atoms with Crippen LogP contribution in [0.4, 0.5) is 40.1 Å². The van der Waals surface area contributed by atoms with E-state index in [-0.39, 0.29) is 24.8 Å². The molecule has 2 aliphatic rings. The van der Waals surface area contributed by atoms with Crippen LogP contribution in [0, 0.1) is 12.8 Å². The van der Waals surface area contributed by atoms with Crippen LogP contribution in [0.2, 0.25) is 0 Å². The van der Waals surface area contributed by atoms with Crippen LogP contribution >= 0.6 is 0 Å². The van der Waals surface area contributed by atoms with Gasteiger partial charge >= 0.3 is 18.3 Å². The topological polar surface area (TPSA) is 130 Å². The number of carbonyl (C=O) groups is 3. The molecule has 0 unspecified atom stereocenters. The molecule has 1 aromatic carbocycles. The second-order valence-electron chi connectivity index (χ2n) is 11.5. The standard InChI is InChI=1S/C28H35F3N6O4/c1-16-5-6-19(33-25(39)36-9-7-17(15-36)14-28(29,30)31)13-20(16)18-11-22(32)35-23(12-18)37-10-8-21(24(37)38)34-26(40)41-27(2,3)4/h5-6,11-13,17,21H,7-10,14-15H2,1-4H3,(H2,32,35)(H,33,39)(H,34,40)/t17-,21-/m0/s1. The molecule has 13 heteroatoms. The van der Waals surface area contributed by atoms with E-state index in [1.165, 1.54) is 9.80 Å². The molecule has 0 saturated carbocycles. The Labute approximate surface area is 236 Å². The first kappa shape index (κ1) is 29.9. The third-order valence-corrected chi connectivity index (χ3v) is 6.90. The highest BCUT2D eigenvalue weighted by Crippen LogP contribution is 2.33. The van der Waals surface area contributed by atoms with Gasteiger partial charge in [-0.1, -0.05) is 6.07 Å². The molecule has 4 rings (SSSR count). The SMILES string of the molecule is Cc1ccc(NC(=O)N2CC[C@@H](CC(F)(F)F)C2)cc1-c1cc(N)nc(N2CC[C@H](NC(=O)OC(C)(C)C)C2=O)c1. The number of amides is 4. The summed E-state index contributed by atoms with van der Waals surface area (Å²) in [5.41, 5.74) is 8.12. The molecule has 0 aliphatic carbocycles. The highest BCUT2D eigenvalue weighted by atomic mass is 19.4. The summed E-state index contributed by atoms with van der Waals surface area (Å²) >= 11 is 0. The van der Waals surface area contributed by atoms with Crippen LogP contribution in [0.5, 0.6) is 0 Å². The molecule has 222 valence electrons. The van der Waals surface area contributed by atoms with Crippen molar-refractivity contribution in [3.8, 4) is 11.1 Å². The third kappa shape index (κ3) is 7.80. The van der Waals surface area contributed by atoms with Crippen LogP contribution in [0.1, 0.15) is 45.6 Å². The average molecular weight is 577 g/mol. The molecular weight excluding hydrogens is 541 g/mol. The maximum absolute atomic E-state index is 13.1. The number of aryl methyl sites for hydroxylation is 1. The number of rotatable bonds is 5. The first-order valence-corrected chi connectivity index (χ1v) is 13.4. The minimum absolute atomic E-state index is 0.0436. The van der Waals surface area contributed by atoms with Gasteiger partial charge in [-0.05, 0) is 87.4 Å². The van der Waals surface area contributed by atoms with Crippen molar-refractivity contribution in [3.63, 3.8) is 0 Å². The first-order chi connectivity index (χ1) is 19.1. The summed E-state index contributed by atoms with van der Waals surface area (Å²) in [6.45, 7) is 7.69. The van der Waals surface area contributed by atoms with Crippen LogP contribution in [0.3, 0.4) is 0 Å². The molecule has 2 aromatic rings. The molecule has 2 saturated heterocycles.